The maximum Gasteiger partial charge on any atom is 0.264 e. The third-order valence-corrected chi connectivity index (χ3v) is 6.11. The molecule has 0 saturated heterocycles. The number of nitrogens with one attached hydrogen (secondary N) is 1. The van der Waals surface area contributed by atoms with Crippen LogP contribution in [0, 0.1) is 0 Å². The average molecular weight is 391 g/mol. The van der Waals surface area contributed by atoms with Gasteiger partial charge in [-0.25, -0.2) is 8.42 Å². The van der Waals surface area contributed by atoms with Gasteiger partial charge in [0.2, 0.25) is 5.91 Å². The fourth-order valence-corrected chi connectivity index (χ4v) is 3.87. The summed E-state index contributed by atoms with van der Waals surface area (Å²) in [7, 11) is -2.41. The van der Waals surface area contributed by atoms with E-state index >= 15 is 0 Å². The molecule has 0 saturated carbocycles. The number of methoxy groups -OCH3 is 1. The number of ether oxygens (including phenoxy) is 1. The average Bonchev–Trinajstić information content (AvgIpc) is 2.66. The molecule has 0 aromatic heterocycles. The first-order chi connectivity index (χ1) is 12.7. The molecule has 0 bridgehead atoms. The van der Waals surface area contributed by atoms with E-state index in [0.29, 0.717) is 11.4 Å². The number of hydrogen-bond donors (Lipinski definition) is 1. The number of benzene rings is 2. The maximum absolute atomic E-state index is 13.2. The molecular weight excluding hydrogens is 364 g/mol. The molecule has 27 heavy (non-hydrogen) atoms. The summed E-state index contributed by atoms with van der Waals surface area (Å²) in [6.07, 6.45) is 0.726. The molecule has 0 heterocycles. The van der Waals surface area contributed by atoms with E-state index in [0.717, 1.165) is 10.7 Å². The molecule has 1 N–H and O–H groups in total. The Bertz CT molecular complexity index is 880. The fraction of sp³-hybridized carbons (Fsp3) is 0.350. The van der Waals surface area contributed by atoms with Gasteiger partial charge >= 0.3 is 0 Å². The van der Waals surface area contributed by atoms with E-state index in [2.05, 4.69) is 5.32 Å². The van der Waals surface area contributed by atoms with Crippen molar-refractivity contribution in [2.45, 2.75) is 37.6 Å². The van der Waals surface area contributed by atoms with E-state index in [9.17, 15) is 13.2 Å². The molecule has 0 aliphatic carbocycles. The summed E-state index contributed by atoms with van der Waals surface area (Å²) < 4.78 is 32.7. The summed E-state index contributed by atoms with van der Waals surface area (Å²) in [6, 6.07) is 14.7. The van der Waals surface area contributed by atoms with Gasteiger partial charge in [-0.3, -0.25) is 9.10 Å². The van der Waals surface area contributed by atoms with Gasteiger partial charge in [0.25, 0.3) is 10.0 Å². The molecule has 0 fully saturated rings. The van der Waals surface area contributed by atoms with Crippen LogP contribution < -0.4 is 14.4 Å². The van der Waals surface area contributed by atoms with Gasteiger partial charge < -0.3 is 10.1 Å². The molecule has 0 spiro atoms. The predicted molar refractivity (Wildman–Crippen MR) is 106 cm³/mol. The van der Waals surface area contributed by atoms with Gasteiger partial charge in [0, 0.05) is 11.6 Å². The van der Waals surface area contributed by atoms with Crippen molar-refractivity contribution in [3.05, 3.63) is 54.6 Å². The summed E-state index contributed by atoms with van der Waals surface area (Å²) in [5.41, 5.74) is -0.0594. The quantitative estimate of drug-likeness (QED) is 0.751. The molecule has 0 aliphatic heterocycles. The minimum Gasteiger partial charge on any atom is -0.497 e. The molecule has 0 unspecified atom stereocenters. The third kappa shape index (κ3) is 5.23. The first-order valence-corrected chi connectivity index (χ1v) is 10.2. The largest absolute Gasteiger partial charge is 0.497 e. The Morgan fingerprint density at radius 3 is 2.37 bits per heavy atom. The Morgan fingerprint density at radius 2 is 1.78 bits per heavy atom. The van der Waals surface area contributed by atoms with Gasteiger partial charge in [-0.05, 0) is 44.5 Å². The molecule has 6 nitrogen and oxygen atoms in total. The van der Waals surface area contributed by atoms with Crippen molar-refractivity contribution in [3.8, 4) is 5.75 Å². The van der Waals surface area contributed by atoms with Crippen molar-refractivity contribution in [3.63, 3.8) is 0 Å². The van der Waals surface area contributed by atoms with Crippen molar-refractivity contribution >= 4 is 21.6 Å². The van der Waals surface area contributed by atoms with Gasteiger partial charge in [-0.15, -0.1) is 0 Å². The van der Waals surface area contributed by atoms with Crippen LogP contribution in [0.1, 0.15) is 27.2 Å². The van der Waals surface area contributed by atoms with Crippen LogP contribution in [0.5, 0.6) is 5.75 Å². The Labute approximate surface area is 161 Å². The van der Waals surface area contributed by atoms with E-state index in [1.807, 2.05) is 20.8 Å². The minimum atomic E-state index is -3.92. The number of amides is 1. The number of sulfonamides is 1. The number of anilines is 1. The van der Waals surface area contributed by atoms with E-state index in [1.54, 1.807) is 42.5 Å². The van der Waals surface area contributed by atoms with Crippen molar-refractivity contribution in [2.24, 2.45) is 0 Å². The van der Waals surface area contributed by atoms with E-state index in [4.69, 9.17) is 4.74 Å². The van der Waals surface area contributed by atoms with Gasteiger partial charge in [-0.2, -0.15) is 0 Å². The van der Waals surface area contributed by atoms with Crippen LogP contribution in [-0.2, 0) is 14.8 Å². The summed E-state index contributed by atoms with van der Waals surface area (Å²) >= 11 is 0. The zero-order chi connectivity index (χ0) is 20.1. The lowest BCUT2D eigenvalue weighted by atomic mass is 10.0. The highest BCUT2D eigenvalue weighted by Gasteiger charge is 2.29. The minimum absolute atomic E-state index is 0.121. The van der Waals surface area contributed by atoms with Gasteiger partial charge in [-0.1, -0.05) is 31.2 Å². The number of hydrogen-bond acceptors (Lipinski definition) is 4. The molecule has 146 valence electrons. The lowest BCUT2D eigenvalue weighted by molar-refractivity contribution is -0.121. The highest BCUT2D eigenvalue weighted by Crippen LogP contribution is 2.27. The molecule has 2 aromatic rings. The van der Waals surface area contributed by atoms with Crippen molar-refractivity contribution in [1.82, 2.24) is 5.32 Å². The van der Waals surface area contributed by atoms with Crippen molar-refractivity contribution < 1.29 is 17.9 Å². The fourth-order valence-electron chi connectivity index (χ4n) is 2.44. The molecule has 7 heteroatoms. The van der Waals surface area contributed by atoms with Crippen LogP contribution in [-0.4, -0.2) is 33.5 Å². The second kappa shape index (κ2) is 8.43. The Hall–Kier alpha value is -2.54. The van der Waals surface area contributed by atoms with Gasteiger partial charge in [0.05, 0.1) is 17.7 Å². The van der Waals surface area contributed by atoms with Crippen LogP contribution in [0.25, 0.3) is 0 Å². The number of nitrogens with zero attached hydrogens (tertiary/aromatic N) is 1. The third-order valence-electron chi connectivity index (χ3n) is 4.32. The predicted octanol–water partition coefficient (Wildman–Crippen LogP) is 3.20. The Balaban J connectivity index is 2.44. The summed E-state index contributed by atoms with van der Waals surface area (Å²) in [6.45, 7) is 5.42. The zero-order valence-electron chi connectivity index (χ0n) is 16.1. The van der Waals surface area contributed by atoms with E-state index in [-0.39, 0.29) is 17.3 Å². The van der Waals surface area contributed by atoms with Crippen LogP contribution in [0.4, 0.5) is 5.69 Å². The highest BCUT2D eigenvalue weighted by molar-refractivity contribution is 7.92. The maximum atomic E-state index is 13.2. The molecule has 0 radical (unpaired) electrons. The Kier molecular flexibility index (Phi) is 6.49. The van der Waals surface area contributed by atoms with Crippen LogP contribution >= 0.6 is 0 Å². The lowest BCUT2D eigenvalue weighted by Gasteiger charge is -2.28. The zero-order valence-corrected chi connectivity index (χ0v) is 16.9. The number of rotatable bonds is 8. The van der Waals surface area contributed by atoms with Crippen LogP contribution in [0.15, 0.2) is 59.5 Å². The molecule has 0 atom stereocenters. The highest BCUT2D eigenvalue weighted by atomic mass is 32.2. The monoisotopic (exact) mass is 390 g/mol. The SMILES string of the molecule is CCC(C)(C)NC(=O)CN(c1cccc(OC)c1)S(=O)(=O)c1ccccc1. The topological polar surface area (TPSA) is 75.7 Å². The smallest absolute Gasteiger partial charge is 0.264 e. The molecule has 2 rings (SSSR count). The van der Waals surface area contributed by atoms with E-state index in [1.165, 1.54) is 19.2 Å². The second-order valence-corrected chi connectivity index (χ2v) is 8.67. The normalized spacial score (nSPS) is 11.7. The van der Waals surface area contributed by atoms with Gasteiger partial charge in [0.1, 0.15) is 12.3 Å². The molecule has 2 aromatic carbocycles. The molecule has 1 amide bonds. The molecule has 0 aliphatic rings. The van der Waals surface area contributed by atoms with Crippen molar-refractivity contribution in [2.75, 3.05) is 18.0 Å². The molecular formula is C20H26N2O4S. The summed E-state index contributed by atoms with van der Waals surface area (Å²) in [5.74, 6) is 0.138. The first kappa shape index (κ1) is 20.8. The first-order valence-electron chi connectivity index (χ1n) is 8.72. The number of carbonyl (C=O) groups is 1. The summed E-state index contributed by atoms with van der Waals surface area (Å²) in [4.78, 5) is 12.7. The van der Waals surface area contributed by atoms with Crippen LogP contribution in [0.2, 0.25) is 0 Å². The summed E-state index contributed by atoms with van der Waals surface area (Å²) in [5, 5.41) is 2.88. The number of carbonyl (C=O) groups excluding carboxylic acids is 1. The standard InChI is InChI=1S/C20H26N2O4S/c1-5-20(2,3)21-19(23)15-22(16-10-9-11-17(14-16)26-4)27(24,25)18-12-7-6-8-13-18/h6-14H,5,15H2,1-4H3,(H,21,23). The van der Waals surface area contributed by atoms with Gasteiger partial charge in [0.15, 0.2) is 0 Å². The van der Waals surface area contributed by atoms with Crippen LogP contribution in [0.3, 0.4) is 0 Å². The second-order valence-electron chi connectivity index (χ2n) is 6.81. The van der Waals surface area contributed by atoms with E-state index < -0.39 is 15.6 Å². The lowest BCUT2D eigenvalue weighted by Crippen LogP contribution is -2.48. The van der Waals surface area contributed by atoms with Crippen molar-refractivity contribution in [1.29, 1.82) is 0 Å². The Morgan fingerprint density at radius 1 is 1.11 bits per heavy atom.